The molecule has 5 nitrogen and oxygen atoms in total. The molecule has 7 heteroatoms. The number of esters is 1. The van der Waals surface area contributed by atoms with E-state index in [0.29, 0.717) is 5.02 Å². The Hall–Kier alpha value is -1.85. The molecule has 1 heterocycles. The number of hydrogen-bond donors (Lipinski definition) is 1. The Bertz CT molecular complexity index is 700. The summed E-state index contributed by atoms with van der Waals surface area (Å²) in [4.78, 5) is 26.7. The molecule has 0 aliphatic heterocycles. The van der Waals surface area contributed by atoms with Crippen molar-refractivity contribution in [3.05, 3.63) is 39.5 Å². The van der Waals surface area contributed by atoms with E-state index in [1.807, 2.05) is 0 Å². The van der Waals surface area contributed by atoms with E-state index in [0.717, 1.165) is 6.07 Å². The Morgan fingerprint density at radius 3 is 2.53 bits per heavy atom. The first kappa shape index (κ1) is 13.6. The van der Waals surface area contributed by atoms with Crippen molar-refractivity contribution < 1.29 is 19.4 Å². The highest BCUT2D eigenvalue weighted by molar-refractivity contribution is 6.39. The maximum absolute atomic E-state index is 11.5. The van der Waals surface area contributed by atoms with Crippen molar-refractivity contribution in [3.8, 4) is 0 Å². The van der Waals surface area contributed by atoms with Gasteiger partial charge in [0.1, 0.15) is 5.69 Å². The minimum Gasteiger partial charge on any atom is -0.478 e. The van der Waals surface area contributed by atoms with Crippen LogP contribution in [0, 0.1) is 0 Å². The molecule has 19 heavy (non-hydrogen) atoms. The highest BCUT2D eigenvalue weighted by Gasteiger charge is 2.18. The summed E-state index contributed by atoms with van der Waals surface area (Å²) in [6.45, 7) is 0. The number of methoxy groups -OCH3 is 1. The molecule has 2 aromatic rings. The second-order valence-corrected chi connectivity index (χ2v) is 4.48. The van der Waals surface area contributed by atoms with Gasteiger partial charge in [0, 0.05) is 10.4 Å². The number of nitrogens with zero attached hydrogens (tertiary/aromatic N) is 1. The average molecular weight is 300 g/mol. The van der Waals surface area contributed by atoms with Crippen LogP contribution < -0.4 is 0 Å². The maximum Gasteiger partial charge on any atom is 0.356 e. The lowest BCUT2D eigenvalue weighted by Gasteiger charge is -2.07. The van der Waals surface area contributed by atoms with E-state index < -0.39 is 11.9 Å². The smallest absolute Gasteiger partial charge is 0.356 e. The first-order chi connectivity index (χ1) is 8.93. The van der Waals surface area contributed by atoms with Gasteiger partial charge in [0.25, 0.3) is 0 Å². The maximum atomic E-state index is 11.5. The molecule has 0 fully saturated rings. The fraction of sp³-hybridized carbons (Fsp3) is 0.0833. The van der Waals surface area contributed by atoms with Crippen molar-refractivity contribution in [1.29, 1.82) is 0 Å². The molecule has 0 atom stereocenters. The van der Waals surface area contributed by atoms with Gasteiger partial charge >= 0.3 is 11.9 Å². The number of pyridine rings is 1. The summed E-state index contributed by atoms with van der Waals surface area (Å²) in [7, 11) is 1.18. The Morgan fingerprint density at radius 1 is 1.26 bits per heavy atom. The summed E-state index contributed by atoms with van der Waals surface area (Å²) in [5, 5.41) is 9.86. The van der Waals surface area contributed by atoms with E-state index in [9.17, 15) is 14.7 Å². The fourth-order valence-electron chi connectivity index (χ4n) is 1.66. The Labute approximate surface area is 117 Å². The highest BCUT2D eigenvalue weighted by atomic mass is 35.5. The summed E-state index contributed by atoms with van der Waals surface area (Å²) < 4.78 is 4.52. The topological polar surface area (TPSA) is 76.5 Å². The SMILES string of the molecule is COC(=O)c1cc(C(=O)O)c2c(Cl)cc(Cl)cc2n1. The molecule has 2 rings (SSSR count). The van der Waals surface area contributed by atoms with Gasteiger partial charge in [-0.05, 0) is 18.2 Å². The molecule has 0 amide bonds. The lowest BCUT2D eigenvalue weighted by Crippen LogP contribution is -2.08. The van der Waals surface area contributed by atoms with Crippen LogP contribution >= 0.6 is 23.2 Å². The monoisotopic (exact) mass is 299 g/mol. The summed E-state index contributed by atoms with van der Waals surface area (Å²) >= 11 is 11.8. The predicted octanol–water partition coefficient (Wildman–Crippen LogP) is 3.03. The van der Waals surface area contributed by atoms with E-state index in [-0.39, 0.29) is 27.2 Å². The molecule has 1 aromatic heterocycles. The van der Waals surface area contributed by atoms with E-state index in [4.69, 9.17) is 23.2 Å². The molecule has 0 bridgehead atoms. The Kier molecular flexibility index (Phi) is 3.59. The van der Waals surface area contributed by atoms with Crippen LogP contribution in [0.1, 0.15) is 20.8 Å². The lowest BCUT2D eigenvalue weighted by molar-refractivity contribution is 0.0594. The van der Waals surface area contributed by atoms with E-state index in [2.05, 4.69) is 9.72 Å². The Balaban J connectivity index is 2.87. The normalized spacial score (nSPS) is 10.5. The minimum atomic E-state index is -1.22. The summed E-state index contributed by atoms with van der Waals surface area (Å²) in [5.74, 6) is -1.96. The average Bonchev–Trinajstić information content (AvgIpc) is 2.35. The Morgan fingerprint density at radius 2 is 1.95 bits per heavy atom. The zero-order valence-electron chi connectivity index (χ0n) is 9.61. The third kappa shape index (κ3) is 2.47. The van der Waals surface area contributed by atoms with Crippen molar-refractivity contribution in [2.45, 2.75) is 0 Å². The number of ether oxygens (including phenoxy) is 1. The number of carbonyl (C=O) groups excluding carboxylic acids is 1. The second-order valence-electron chi connectivity index (χ2n) is 3.63. The van der Waals surface area contributed by atoms with Gasteiger partial charge in [0.2, 0.25) is 0 Å². The number of aromatic nitrogens is 1. The van der Waals surface area contributed by atoms with Crippen LogP contribution in [0.4, 0.5) is 0 Å². The summed E-state index contributed by atoms with van der Waals surface area (Å²) in [5.41, 5.74) is -0.0319. The first-order valence-corrected chi connectivity index (χ1v) is 5.81. The van der Waals surface area contributed by atoms with Crippen molar-refractivity contribution in [3.63, 3.8) is 0 Å². The molecule has 1 N–H and O–H groups in total. The van der Waals surface area contributed by atoms with Crippen LogP contribution in [0.2, 0.25) is 10.0 Å². The molecule has 98 valence electrons. The zero-order chi connectivity index (χ0) is 14.2. The molecule has 0 aliphatic carbocycles. The molecule has 0 saturated heterocycles. The number of carbonyl (C=O) groups is 2. The van der Waals surface area contributed by atoms with Gasteiger partial charge in [0.05, 0.1) is 23.2 Å². The number of carboxylic acids is 1. The number of carboxylic acid groups (broad SMARTS) is 1. The molecule has 0 radical (unpaired) electrons. The van der Waals surface area contributed by atoms with Crippen molar-refractivity contribution in [2.75, 3.05) is 7.11 Å². The third-order valence-electron chi connectivity index (χ3n) is 2.45. The molecule has 0 unspecified atom stereocenters. The van der Waals surface area contributed by atoms with Crippen LogP contribution in [0.15, 0.2) is 18.2 Å². The second kappa shape index (κ2) is 5.03. The van der Waals surface area contributed by atoms with E-state index in [1.54, 1.807) is 0 Å². The number of benzene rings is 1. The van der Waals surface area contributed by atoms with Crippen LogP contribution in [-0.2, 0) is 4.74 Å². The zero-order valence-corrected chi connectivity index (χ0v) is 11.1. The molecule has 0 saturated carbocycles. The predicted molar refractivity (Wildman–Crippen MR) is 70.1 cm³/mol. The number of rotatable bonds is 2. The van der Waals surface area contributed by atoms with Gasteiger partial charge < -0.3 is 9.84 Å². The molecule has 1 aromatic carbocycles. The van der Waals surface area contributed by atoms with Gasteiger partial charge in [-0.3, -0.25) is 0 Å². The minimum absolute atomic E-state index is 0.120. The number of fused-ring (bicyclic) bond motifs is 1. The number of halogens is 2. The van der Waals surface area contributed by atoms with Crippen LogP contribution in [-0.4, -0.2) is 29.1 Å². The van der Waals surface area contributed by atoms with Gasteiger partial charge in [-0.15, -0.1) is 0 Å². The van der Waals surface area contributed by atoms with Crippen LogP contribution in [0.25, 0.3) is 10.9 Å². The molecular weight excluding hydrogens is 293 g/mol. The third-order valence-corrected chi connectivity index (χ3v) is 2.97. The van der Waals surface area contributed by atoms with Gasteiger partial charge in [-0.1, -0.05) is 23.2 Å². The van der Waals surface area contributed by atoms with Crippen molar-refractivity contribution in [2.24, 2.45) is 0 Å². The van der Waals surface area contributed by atoms with E-state index in [1.165, 1.54) is 19.2 Å². The van der Waals surface area contributed by atoms with Crippen molar-refractivity contribution in [1.82, 2.24) is 4.98 Å². The number of aromatic carboxylic acids is 1. The molecule has 0 aliphatic rings. The highest BCUT2D eigenvalue weighted by Crippen LogP contribution is 2.30. The first-order valence-electron chi connectivity index (χ1n) is 5.05. The summed E-state index contributed by atoms with van der Waals surface area (Å²) in [6.07, 6.45) is 0. The fourth-order valence-corrected chi connectivity index (χ4v) is 2.25. The quantitative estimate of drug-likeness (QED) is 0.863. The molecular formula is C12H7Cl2NO4. The lowest BCUT2D eigenvalue weighted by atomic mass is 10.1. The standard InChI is InChI=1S/C12H7Cl2NO4/c1-19-12(18)9-4-6(11(16)17)10-7(14)2-5(13)3-8(10)15-9/h2-4H,1H3,(H,16,17). The van der Waals surface area contributed by atoms with Gasteiger partial charge in [0.15, 0.2) is 0 Å². The largest absolute Gasteiger partial charge is 0.478 e. The van der Waals surface area contributed by atoms with Crippen LogP contribution in [0.5, 0.6) is 0 Å². The molecule has 0 spiro atoms. The van der Waals surface area contributed by atoms with Crippen LogP contribution in [0.3, 0.4) is 0 Å². The number of hydrogen-bond acceptors (Lipinski definition) is 4. The van der Waals surface area contributed by atoms with E-state index >= 15 is 0 Å². The van der Waals surface area contributed by atoms with Crippen molar-refractivity contribution >= 4 is 46.0 Å². The van der Waals surface area contributed by atoms with Gasteiger partial charge in [-0.25, -0.2) is 14.6 Å². The summed E-state index contributed by atoms with van der Waals surface area (Å²) in [6, 6.07) is 3.97. The van der Waals surface area contributed by atoms with Gasteiger partial charge in [-0.2, -0.15) is 0 Å².